The van der Waals surface area contributed by atoms with Gasteiger partial charge in [0.1, 0.15) is 0 Å². The van der Waals surface area contributed by atoms with Crippen molar-refractivity contribution >= 4 is 12.6 Å². The Hall–Kier alpha value is 0.310. The van der Waals surface area contributed by atoms with Gasteiger partial charge >= 0.3 is 0 Å². The molecule has 0 amide bonds. The molecule has 0 aromatic carbocycles. The van der Waals surface area contributed by atoms with Crippen LogP contribution < -0.4 is 0 Å². The Bertz CT molecular complexity index is 188. The number of nitrogens with zero attached hydrogens (tertiary/aromatic N) is 1. The summed E-state index contributed by atoms with van der Waals surface area (Å²) >= 11 is 4.67. The number of hydrogen-bond donors (Lipinski definition) is 1. The molecule has 0 N–H and O–H groups in total. The van der Waals surface area contributed by atoms with Gasteiger partial charge in [0.15, 0.2) is 0 Å². The fourth-order valence-corrected chi connectivity index (χ4v) is 3.32. The summed E-state index contributed by atoms with van der Waals surface area (Å²) in [6.07, 6.45) is 6.48. The molecule has 0 fully saturated rings. The number of hydrogen-bond acceptors (Lipinski definition) is 2. The molecule has 1 atom stereocenters. The van der Waals surface area contributed by atoms with Crippen LogP contribution in [0.5, 0.6) is 0 Å². The summed E-state index contributed by atoms with van der Waals surface area (Å²) in [5, 5.41) is 0. The molecule has 1 unspecified atom stereocenters. The van der Waals surface area contributed by atoms with E-state index in [0.717, 1.165) is 11.7 Å². The van der Waals surface area contributed by atoms with Crippen molar-refractivity contribution in [2.75, 3.05) is 25.4 Å². The quantitative estimate of drug-likeness (QED) is 0.526. The molecule has 2 heteroatoms. The van der Waals surface area contributed by atoms with Crippen molar-refractivity contribution < 1.29 is 0 Å². The van der Waals surface area contributed by atoms with Crippen LogP contribution in [0.4, 0.5) is 0 Å². The van der Waals surface area contributed by atoms with Gasteiger partial charge < -0.3 is 4.90 Å². The minimum absolute atomic E-state index is 0.441. The maximum atomic E-state index is 4.67. The topological polar surface area (TPSA) is 3.24 Å². The highest BCUT2D eigenvalue weighted by molar-refractivity contribution is 7.80. The predicted octanol–water partition coefficient (Wildman–Crippen LogP) is 4.87. The van der Waals surface area contributed by atoms with Crippen LogP contribution in [0.3, 0.4) is 0 Å². The molecule has 110 valence electrons. The zero-order chi connectivity index (χ0) is 14.0. The molecule has 0 aliphatic carbocycles. The first-order valence-electron chi connectivity index (χ1n) is 7.90. The monoisotopic (exact) mass is 273 g/mol. The van der Waals surface area contributed by atoms with Crippen LogP contribution in [0.25, 0.3) is 0 Å². The summed E-state index contributed by atoms with van der Waals surface area (Å²) < 4.78 is 0. The lowest BCUT2D eigenvalue weighted by molar-refractivity contribution is 0.136. The lowest BCUT2D eigenvalue weighted by Crippen LogP contribution is -2.41. The van der Waals surface area contributed by atoms with Crippen LogP contribution in [0.2, 0.25) is 0 Å². The molecule has 0 saturated carbocycles. The first kappa shape index (κ1) is 18.3. The third kappa shape index (κ3) is 6.47. The van der Waals surface area contributed by atoms with Crippen LogP contribution in [-0.4, -0.2) is 30.3 Å². The summed E-state index contributed by atoms with van der Waals surface area (Å²) in [7, 11) is 0. The van der Waals surface area contributed by atoms with E-state index in [1.54, 1.807) is 0 Å². The van der Waals surface area contributed by atoms with Gasteiger partial charge in [-0.1, -0.05) is 53.9 Å². The van der Waals surface area contributed by atoms with Crippen molar-refractivity contribution in [1.82, 2.24) is 4.90 Å². The fourth-order valence-electron chi connectivity index (χ4n) is 2.90. The molecule has 0 saturated heterocycles. The normalized spacial score (nSPS) is 14.2. The van der Waals surface area contributed by atoms with Crippen molar-refractivity contribution in [3.05, 3.63) is 0 Å². The van der Waals surface area contributed by atoms with E-state index in [1.807, 2.05) is 0 Å². The summed E-state index contributed by atoms with van der Waals surface area (Å²) in [4.78, 5) is 2.65. The van der Waals surface area contributed by atoms with E-state index in [9.17, 15) is 0 Å². The van der Waals surface area contributed by atoms with Crippen molar-refractivity contribution in [3.63, 3.8) is 0 Å². The second kappa shape index (κ2) is 10.1. The van der Waals surface area contributed by atoms with Gasteiger partial charge in [0.05, 0.1) is 0 Å². The number of thiol groups is 1. The molecular formula is C16H35NS. The van der Waals surface area contributed by atoms with Crippen molar-refractivity contribution in [3.8, 4) is 0 Å². The highest BCUT2D eigenvalue weighted by atomic mass is 32.1. The summed E-state index contributed by atoms with van der Waals surface area (Å²) in [6, 6.07) is 0. The third-order valence-corrected chi connectivity index (χ3v) is 4.84. The molecule has 18 heavy (non-hydrogen) atoms. The van der Waals surface area contributed by atoms with Crippen LogP contribution in [0.1, 0.15) is 66.7 Å². The van der Waals surface area contributed by atoms with E-state index >= 15 is 0 Å². The van der Waals surface area contributed by atoms with Crippen LogP contribution in [0.15, 0.2) is 0 Å². The van der Waals surface area contributed by atoms with E-state index in [2.05, 4.69) is 52.1 Å². The zero-order valence-electron chi connectivity index (χ0n) is 13.3. The largest absolute Gasteiger partial charge is 0.303 e. The summed E-state index contributed by atoms with van der Waals surface area (Å²) in [5.74, 6) is 1.84. The number of rotatable bonds is 11. The smallest absolute Gasteiger partial charge is 0.00458 e. The third-order valence-electron chi connectivity index (χ3n) is 4.17. The van der Waals surface area contributed by atoms with Gasteiger partial charge in [-0.25, -0.2) is 0 Å². The Morgan fingerprint density at radius 3 is 1.94 bits per heavy atom. The Morgan fingerprint density at radius 1 is 1.06 bits per heavy atom. The second-order valence-electron chi connectivity index (χ2n) is 6.00. The molecule has 0 aliphatic heterocycles. The maximum Gasteiger partial charge on any atom is 0.00458 e. The molecule has 0 heterocycles. The van der Waals surface area contributed by atoms with Gasteiger partial charge in [0.2, 0.25) is 0 Å². The molecule has 0 aromatic heterocycles. The van der Waals surface area contributed by atoms with Crippen LogP contribution in [0, 0.1) is 11.3 Å². The molecule has 0 bridgehead atoms. The summed E-state index contributed by atoms with van der Waals surface area (Å²) in [6.45, 7) is 15.2. The highest BCUT2D eigenvalue weighted by Crippen LogP contribution is 2.32. The Morgan fingerprint density at radius 2 is 1.61 bits per heavy atom. The molecule has 0 aliphatic rings. The van der Waals surface area contributed by atoms with Gasteiger partial charge in [0.25, 0.3) is 0 Å². The van der Waals surface area contributed by atoms with E-state index < -0.39 is 0 Å². The summed E-state index contributed by atoms with van der Waals surface area (Å²) in [5.41, 5.74) is 0.441. The van der Waals surface area contributed by atoms with E-state index in [4.69, 9.17) is 0 Å². The molecule has 1 nitrogen and oxygen atoms in total. The van der Waals surface area contributed by atoms with Crippen molar-refractivity contribution in [2.45, 2.75) is 66.7 Å². The molecular weight excluding hydrogens is 238 g/mol. The van der Waals surface area contributed by atoms with Crippen molar-refractivity contribution in [2.24, 2.45) is 11.3 Å². The first-order chi connectivity index (χ1) is 8.57. The average molecular weight is 274 g/mol. The maximum absolute atomic E-state index is 4.67. The minimum atomic E-state index is 0.441. The molecule has 0 rings (SSSR count). The first-order valence-corrected chi connectivity index (χ1v) is 8.53. The van der Waals surface area contributed by atoms with Gasteiger partial charge in [-0.15, -0.1) is 0 Å². The Labute approximate surface area is 121 Å². The second-order valence-corrected chi connectivity index (χ2v) is 6.32. The van der Waals surface area contributed by atoms with Gasteiger partial charge in [-0.3, -0.25) is 0 Å². The SMILES string of the molecule is CCCC(CS)(CCC)CN(CC)CC(C)CC. The molecule has 0 spiro atoms. The molecule has 0 radical (unpaired) electrons. The lowest BCUT2D eigenvalue weighted by Gasteiger charge is -2.38. The van der Waals surface area contributed by atoms with Crippen molar-refractivity contribution in [1.29, 1.82) is 0 Å². The minimum Gasteiger partial charge on any atom is -0.303 e. The average Bonchev–Trinajstić information content (AvgIpc) is 2.38. The molecule has 0 aromatic rings. The van der Waals surface area contributed by atoms with Gasteiger partial charge in [-0.05, 0) is 36.5 Å². The van der Waals surface area contributed by atoms with Crippen LogP contribution >= 0.6 is 12.6 Å². The zero-order valence-corrected chi connectivity index (χ0v) is 14.2. The lowest BCUT2D eigenvalue weighted by atomic mass is 9.80. The predicted molar refractivity (Wildman–Crippen MR) is 87.7 cm³/mol. The van der Waals surface area contributed by atoms with E-state index in [-0.39, 0.29) is 0 Å². The Kier molecular flexibility index (Phi) is 10.3. The highest BCUT2D eigenvalue weighted by Gasteiger charge is 2.29. The standard InChI is InChI=1S/C16H35NS/c1-6-10-16(14-18,11-7-2)13-17(9-4)12-15(5)8-3/h15,18H,6-14H2,1-5H3. The Balaban J connectivity index is 4.58. The van der Waals surface area contributed by atoms with Crippen LogP contribution in [-0.2, 0) is 0 Å². The van der Waals surface area contributed by atoms with E-state index in [1.165, 1.54) is 51.7 Å². The fraction of sp³-hybridized carbons (Fsp3) is 1.00. The van der Waals surface area contributed by atoms with Gasteiger partial charge in [0, 0.05) is 13.1 Å². The van der Waals surface area contributed by atoms with Gasteiger partial charge in [-0.2, -0.15) is 12.6 Å². The van der Waals surface area contributed by atoms with E-state index in [0.29, 0.717) is 5.41 Å².